The molecule has 6 nitrogen and oxygen atoms in total. The zero-order chi connectivity index (χ0) is 8.72. The minimum atomic E-state index is -1.17. The number of hydrogen-bond donors (Lipinski definition) is 1. The van der Waals surface area contributed by atoms with Crippen LogP contribution in [0.4, 0.5) is 0 Å². The predicted molar refractivity (Wildman–Crippen MR) is 37.7 cm³/mol. The highest BCUT2D eigenvalue weighted by Gasteiger charge is 2.14. The smallest absolute Gasteiger partial charge is 0.392 e. The molecule has 2 aromatic heterocycles. The van der Waals surface area contributed by atoms with Crippen LogP contribution in [-0.4, -0.2) is 25.8 Å². The van der Waals surface area contributed by atoms with Crippen molar-refractivity contribution in [3.05, 3.63) is 12.1 Å². The minimum absolute atomic E-state index is 0.307. The molecule has 0 radical (unpaired) electrons. The molecule has 2 rings (SSSR count). The van der Waals surface area contributed by atoms with Crippen LogP contribution in [-0.2, 0) is 7.05 Å². The van der Waals surface area contributed by atoms with Crippen molar-refractivity contribution in [1.29, 1.82) is 0 Å². The van der Waals surface area contributed by atoms with Crippen molar-refractivity contribution in [2.24, 2.45) is 7.05 Å². The van der Waals surface area contributed by atoms with Gasteiger partial charge >= 0.3 is 11.9 Å². The van der Waals surface area contributed by atoms with E-state index in [4.69, 9.17) is 9.52 Å². The van der Waals surface area contributed by atoms with E-state index in [-0.39, 0.29) is 5.89 Å². The summed E-state index contributed by atoms with van der Waals surface area (Å²) in [5.41, 5.74) is 0.822. The van der Waals surface area contributed by atoms with Crippen LogP contribution in [0.25, 0.3) is 11.2 Å². The number of oxazole rings is 1. The van der Waals surface area contributed by atoms with E-state index in [0.29, 0.717) is 11.2 Å². The molecule has 12 heavy (non-hydrogen) atoms. The fourth-order valence-electron chi connectivity index (χ4n) is 0.925. The van der Waals surface area contributed by atoms with Crippen LogP contribution in [0, 0.1) is 0 Å². The summed E-state index contributed by atoms with van der Waals surface area (Å²) in [6.07, 6.45) is 1.45. The Hall–Kier alpha value is -1.85. The highest BCUT2D eigenvalue weighted by Crippen LogP contribution is 2.13. The average Bonchev–Trinajstić information content (AvgIpc) is 2.53. The first-order valence-corrected chi connectivity index (χ1v) is 3.20. The number of aromatic carboxylic acids is 1. The average molecular weight is 167 g/mol. The van der Waals surface area contributed by atoms with Gasteiger partial charge in [-0.05, 0) is 0 Å². The van der Waals surface area contributed by atoms with Gasteiger partial charge in [0, 0.05) is 7.05 Å². The molecule has 2 aromatic rings. The van der Waals surface area contributed by atoms with Crippen molar-refractivity contribution in [2.45, 2.75) is 0 Å². The van der Waals surface area contributed by atoms with Gasteiger partial charge in [0.15, 0.2) is 0 Å². The molecule has 0 bridgehead atoms. The van der Waals surface area contributed by atoms with Gasteiger partial charge in [-0.3, -0.25) is 0 Å². The highest BCUT2D eigenvalue weighted by atomic mass is 16.4. The van der Waals surface area contributed by atoms with Crippen LogP contribution < -0.4 is 0 Å². The largest absolute Gasteiger partial charge is 0.474 e. The summed E-state index contributed by atoms with van der Waals surface area (Å²) in [7, 11) is 1.65. The second-order valence-corrected chi connectivity index (χ2v) is 2.28. The lowest BCUT2D eigenvalue weighted by atomic mass is 10.6. The van der Waals surface area contributed by atoms with Gasteiger partial charge in [-0.15, -0.1) is 0 Å². The fourth-order valence-corrected chi connectivity index (χ4v) is 0.925. The van der Waals surface area contributed by atoms with E-state index in [1.165, 1.54) is 10.9 Å². The number of carboxylic acids is 1. The SMILES string of the molecule is Cn1ncc2nc(C(=O)O)oc21. The van der Waals surface area contributed by atoms with Crippen molar-refractivity contribution >= 4 is 17.2 Å². The number of carboxylic acid groups (broad SMARTS) is 1. The van der Waals surface area contributed by atoms with Gasteiger partial charge in [-0.25, -0.2) is 9.48 Å². The fraction of sp³-hybridized carbons (Fsp3) is 0.167. The lowest BCUT2D eigenvalue weighted by molar-refractivity contribution is 0.0655. The summed E-state index contributed by atoms with van der Waals surface area (Å²) in [5.74, 6) is -1.48. The monoisotopic (exact) mass is 167 g/mol. The van der Waals surface area contributed by atoms with Crippen molar-refractivity contribution in [3.63, 3.8) is 0 Å². The third kappa shape index (κ3) is 0.777. The number of rotatable bonds is 1. The molecular weight excluding hydrogens is 162 g/mol. The second kappa shape index (κ2) is 2.07. The van der Waals surface area contributed by atoms with E-state index in [2.05, 4.69) is 10.1 Å². The number of aryl methyl sites for hydroxylation is 1. The van der Waals surface area contributed by atoms with Crippen molar-refractivity contribution in [1.82, 2.24) is 14.8 Å². The van der Waals surface area contributed by atoms with Gasteiger partial charge in [0.2, 0.25) is 5.71 Å². The molecular formula is C6H5N3O3. The molecule has 0 unspecified atom stereocenters. The second-order valence-electron chi connectivity index (χ2n) is 2.28. The summed E-state index contributed by atoms with van der Waals surface area (Å²) in [5, 5.41) is 12.3. The molecule has 0 atom stereocenters. The molecule has 62 valence electrons. The van der Waals surface area contributed by atoms with Gasteiger partial charge < -0.3 is 9.52 Å². The molecule has 2 heterocycles. The minimum Gasteiger partial charge on any atom is -0.474 e. The van der Waals surface area contributed by atoms with Crippen LogP contribution in [0.2, 0.25) is 0 Å². The Balaban J connectivity index is 2.70. The number of fused-ring (bicyclic) bond motifs is 1. The summed E-state index contributed by atoms with van der Waals surface area (Å²) in [6, 6.07) is 0. The van der Waals surface area contributed by atoms with Crippen LogP contribution in [0.1, 0.15) is 10.7 Å². The predicted octanol–water partition coefficient (Wildman–Crippen LogP) is 0.259. The van der Waals surface area contributed by atoms with E-state index < -0.39 is 5.97 Å². The normalized spacial score (nSPS) is 10.8. The van der Waals surface area contributed by atoms with E-state index >= 15 is 0 Å². The first-order chi connectivity index (χ1) is 5.68. The molecule has 0 fully saturated rings. The number of aromatic nitrogens is 3. The molecule has 0 aliphatic carbocycles. The number of nitrogens with zero attached hydrogens (tertiary/aromatic N) is 3. The Morgan fingerprint density at radius 1 is 1.75 bits per heavy atom. The van der Waals surface area contributed by atoms with Crippen LogP contribution >= 0.6 is 0 Å². The molecule has 0 aliphatic rings. The summed E-state index contributed by atoms with van der Waals surface area (Å²) >= 11 is 0. The Bertz CT molecular complexity index is 442. The van der Waals surface area contributed by atoms with Crippen molar-refractivity contribution in [2.75, 3.05) is 0 Å². The first kappa shape index (κ1) is 6.84. The zero-order valence-electron chi connectivity index (χ0n) is 6.18. The third-order valence-corrected chi connectivity index (χ3v) is 1.46. The zero-order valence-corrected chi connectivity index (χ0v) is 6.18. The lowest BCUT2D eigenvalue weighted by Crippen LogP contribution is -1.95. The van der Waals surface area contributed by atoms with Crippen molar-refractivity contribution in [3.8, 4) is 0 Å². The molecule has 0 saturated carbocycles. The molecule has 0 aromatic carbocycles. The first-order valence-electron chi connectivity index (χ1n) is 3.20. The van der Waals surface area contributed by atoms with Crippen LogP contribution in [0.15, 0.2) is 10.6 Å². The standard InChI is InChI=1S/C6H5N3O3/c1-9-5-3(2-7-9)8-4(12-5)6(10)11/h2H,1H3,(H,10,11). The topological polar surface area (TPSA) is 81.2 Å². The Morgan fingerprint density at radius 2 is 2.50 bits per heavy atom. The van der Waals surface area contributed by atoms with Gasteiger partial charge in [-0.1, -0.05) is 0 Å². The molecule has 1 N–H and O–H groups in total. The van der Waals surface area contributed by atoms with Gasteiger partial charge in [-0.2, -0.15) is 10.1 Å². The van der Waals surface area contributed by atoms with Crippen molar-refractivity contribution < 1.29 is 14.3 Å². The summed E-state index contributed by atoms with van der Waals surface area (Å²) in [6.45, 7) is 0. The Labute approximate surface area is 66.4 Å². The summed E-state index contributed by atoms with van der Waals surface area (Å²) in [4.78, 5) is 14.1. The Morgan fingerprint density at radius 3 is 3.08 bits per heavy atom. The van der Waals surface area contributed by atoms with E-state index in [0.717, 1.165) is 0 Å². The van der Waals surface area contributed by atoms with Gasteiger partial charge in [0.1, 0.15) is 5.52 Å². The third-order valence-electron chi connectivity index (χ3n) is 1.46. The van der Waals surface area contributed by atoms with Crippen LogP contribution in [0.5, 0.6) is 0 Å². The maximum absolute atomic E-state index is 10.4. The highest BCUT2D eigenvalue weighted by molar-refractivity contribution is 5.85. The maximum atomic E-state index is 10.4. The lowest BCUT2D eigenvalue weighted by Gasteiger charge is -1.85. The molecule has 0 aliphatic heterocycles. The molecule has 0 amide bonds. The quantitative estimate of drug-likeness (QED) is 0.658. The van der Waals surface area contributed by atoms with E-state index in [1.54, 1.807) is 7.05 Å². The van der Waals surface area contributed by atoms with Gasteiger partial charge in [0.25, 0.3) is 0 Å². The number of hydrogen-bond acceptors (Lipinski definition) is 4. The Kier molecular flexibility index (Phi) is 1.18. The maximum Gasteiger partial charge on any atom is 0.392 e. The van der Waals surface area contributed by atoms with E-state index in [9.17, 15) is 4.79 Å². The molecule has 6 heteroatoms. The van der Waals surface area contributed by atoms with Crippen LogP contribution in [0.3, 0.4) is 0 Å². The molecule has 0 spiro atoms. The summed E-state index contributed by atoms with van der Waals surface area (Å²) < 4.78 is 6.32. The van der Waals surface area contributed by atoms with E-state index in [1.807, 2.05) is 0 Å². The number of carbonyl (C=O) groups is 1. The molecule has 0 saturated heterocycles. The van der Waals surface area contributed by atoms with Gasteiger partial charge in [0.05, 0.1) is 6.20 Å².